The van der Waals surface area contributed by atoms with E-state index in [9.17, 15) is 9.90 Å². The van der Waals surface area contributed by atoms with Gasteiger partial charge in [0.25, 0.3) is 0 Å². The predicted molar refractivity (Wildman–Crippen MR) is 97.3 cm³/mol. The Bertz CT molecular complexity index is 644. The smallest absolute Gasteiger partial charge is 0.227 e. The summed E-state index contributed by atoms with van der Waals surface area (Å²) >= 11 is 0. The normalized spacial score (nSPS) is 24.0. The largest absolute Gasteiger partial charge is 0.389 e. The minimum Gasteiger partial charge on any atom is -0.389 e. The number of aliphatic hydroxyl groups excluding tert-OH is 1. The number of nitrogens with one attached hydrogen (secondary N) is 1. The standard InChI is InChI=1S/C18H27N5O3/c24-14-10-23(11-14)18-20-15(13-4-8-26-12-13)9-16(21-18)19-5-7-22-6-2-1-3-17(22)25/h9,13-14,24H,1-8,10-12H2,(H,19,20,21)/t13-/m1/s1. The third-order valence-corrected chi connectivity index (χ3v) is 5.34. The molecule has 142 valence electrons. The van der Waals surface area contributed by atoms with Gasteiger partial charge in [-0.15, -0.1) is 0 Å². The molecule has 0 unspecified atom stereocenters. The zero-order valence-corrected chi connectivity index (χ0v) is 15.1. The summed E-state index contributed by atoms with van der Waals surface area (Å²) in [4.78, 5) is 25.1. The Balaban J connectivity index is 1.42. The molecule has 1 aromatic heterocycles. The molecule has 3 fully saturated rings. The second kappa shape index (κ2) is 7.75. The Kier molecular flexibility index (Phi) is 5.21. The Labute approximate surface area is 153 Å². The molecule has 8 heteroatoms. The summed E-state index contributed by atoms with van der Waals surface area (Å²) in [6.07, 6.45) is 3.44. The van der Waals surface area contributed by atoms with Gasteiger partial charge in [0.1, 0.15) is 5.82 Å². The first-order valence-electron chi connectivity index (χ1n) is 9.60. The van der Waals surface area contributed by atoms with E-state index in [4.69, 9.17) is 9.72 Å². The number of likely N-dealkylation sites (tertiary alicyclic amines) is 1. The number of carbonyl (C=O) groups is 1. The quantitative estimate of drug-likeness (QED) is 0.766. The molecule has 0 radical (unpaired) electrons. The van der Waals surface area contributed by atoms with Crippen LogP contribution in [0.1, 0.15) is 37.3 Å². The molecule has 0 aromatic carbocycles. The Hall–Kier alpha value is -1.93. The lowest BCUT2D eigenvalue weighted by Crippen LogP contribution is -2.51. The van der Waals surface area contributed by atoms with Crippen molar-refractivity contribution in [3.63, 3.8) is 0 Å². The fraction of sp³-hybridized carbons (Fsp3) is 0.722. The van der Waals surface area contributed by atoms with E-state index in [2.05, 4.69) is 10.3 Å². The van der Waals surface area contributed by atoms with Crippen LogP contribution in [-0.2, 0) is 9.53 Å². The number of ether oxygens (including phenoxy) is 1. The van der Waals surface area contributed by atoms with Crippen LogP contribution in [0, 0.1) is 0 Å². The van der Waals surface area contributed by atoms with Crippen molar-refractivity contribution in [3.05, 3.63) is 11.8 Å². The number of piperidine rings is 1. The molecule has 1 aromatic rings. The first-order chi connectivity index (χ1) is 12.7. The molecule has 1 atom stereocenters. The van der Waals surface area contributed by atoms with Gasteiger partial charge in [-0.2, -0.15) is 4.98 Å². The van der Waals surface area contributed by atoms with Crippen LogP contribution in [0.15, 0.2) is 6.07 Å². The lowest BCUT2D eigenvalue weighted by Gasteiger charge is -2.36. The molecule has 26 heavy (non-hydrogen) atoms. The van der Waals surface area contributed by atoms with Crippen molar-refractivity contribution in [2.75, 3.05) is 56.2 Å². The SMILES string of the molecule is O=C1CCCCN1CCNc1cc([C@@H]2CCOC2)nc(N2CC(O)C2)n1. The van der Waals surface area contributed by atoms with Gasteiger partial charge < -0.3 is 25.0 Å². The molecule has 8 nitrogen and oxygen atoms in total. The predicted octanol–water partition coefficient (Wildman–Crippen LogP) is 0.586. The second-order valence-corrected chi connectivity index (χ2v) is 7.36. The minimum absolute atomic E-state index is 0.250. The molecule has 3 aliphatic rings. The molecule has 1 amide bonds. The lowest BCUT2D eigenvalue weighted by molar-refractivity contribution is -0.133. The number of aromatic nitrogens is 2. The Morgan fingerprint density at radius 2 is 2.19 bits per heavy atom. The number of aliphatic hydroxyl groups is 1. The first-order valence-corrected chi connectivity index (χ1v) is 9.60. The van der Waals surface area contributed by atoms with Crippen molar-refractivity contribution in [2.45, 2.75) is 37.7 Å². The number of nitrogens with zero attached hydrogens (tertiary/aromatic N) is 4. The van der Waals surface area contributed by atoms with Gasteiger partial charge in [-0.3, -0.25) is 4.79 Å². The number of amides is 1. The maximum Gasteiger partial charge on any atom is 0.227 e. The van der Waals surface area contributed by atoms with Crippen LogP contribution in [0.3, 0.4) is 0 Å². The monoisotopic (exact) mass is 361 g/mol. The van der Waals surface area contributed by atoms with Gasteiger partial charge in [-0.1, -0.05) is 0 Å². The van der Waals surface area contributed by atoms with Gasteiger partial charge >= 0.3 is 0 Å². The first kappa shape index (κ1) is 17.5. The average molecular weight is 361 g/mol. The molecule has 3 saturated heterocycles. The van der Waals surface area contributed by atoms with Gasteiger partial charge in [0.15, 0.2) is 0 Å². The molecule has 0 bridgehead atoms. The molecule has 4 heterocycles. The van der Waals surface area contributed by atoms with Crippen LogP contribution in [0.4, 0.5) is 11.8 Å². The third-order valence-electron chi connectivity index (χ3n) is 5.34. The van der Waals surface area contributed by atoms with E-state index in [1.165, 1.54) is 0 Å². The van der Waals surface area contributed by atoms with E-state index in [-0.39, 0.29) is 12.0 Å². The van der Waals surface area contributed by atoms with E-state index in [1.54, 1.807) is 0 Å². The summed E-state index contributed by atoms with van der Waals surface area (Å²) in [6, 6.07) is 2.00. The molecule has 2 N–H and O–H groups in total. The van der Waals surface area contributed by atoms with E-state index in [0.29, 0.717) is 51.1 Å². The fourth-order valence-electron chi connectivity index (χ4n) is 3.70. The highest BCUT2D eigenvalue weighted by Gasteiger charge is 2.29. The number of carbonyl (C=O) groups excluding carboxylic acids is 1. The molecule has 0 aliphatic carbocycles. The molecule has 0 spiro atoms. The zero-order valence-electron chi connectivity index (χ0n) is 15.1. The molecule has 4 rings (SSSR count). The maximum atomic E-state index is 11.9. The summed E-state index contributed by atoms with van der Waals surface area (Å²) in [5.74, 6) is 1.99. The van der Waals surface area contributed by atoms with E-state index < -0.39 is 0 Å². The maximum absolute atomic E-state index is 11.9. The highest BCUT2D eigenvalue weighted by Crippen LogP contribution is 2.28. The Morgan fingerprint density at radius 1 is 1.31 bits per heavy atom. The fourth-order valence-corrected chi connectivity index (χ4v) is 3.70. The summed E-state index contributed by atoms with van der Waals surface area (Å²) in [5.41, 5.74) is 0.991. The highest BCUT2D eigenvalue weighted by atomic mass is 16.5. The minimum atomic E-state index is -0.293. The van der Waals surface area contributed by atoms with Crippen molar-refractivity contribution in [1.29, 1.82) is 0 Å². The summed E-state index contributed by atoms with van der Waals surface area (Å²) in [5, 5.41) is 12.9. The Morgan fingerprint density at radius 3 is 2.92 bits per heavy atom. The van der Waals surface area contributed by atoms with Crippen LogP contribution in [0.25, 0.3) is 0 Å². The van der Waals surface area contributed by atoms with Crippen LogP contribution in [0.2, 0.25) is 0 Å². The van der Waals surface area contributed by atoms with Crippen molar-refractivity contribution in [1.82, 2.24) is 14.9 Å². The summed E-state index contributed by atoms with van der Waals surface area (Å²) < 4.78 is 5.50. The topological polar surface area (TPSA) is 90.8 Å². The van der Waals surface area contributed by atoms with Crippen molar-refractivity contribution >= 4 is 17.7 Å². The number of rotatable bonds is 6. The summed E-state index contributed by atoms with van der Waals surface area (Å²) in [7, 11) is 0. The van der Waals surface area contributed by atoms with Gasteiger partial charge in [0.2, 0.25) is 11.9 Å². The molecule has 0 saturated carbocycles. The second-order valence-electron chi connectivity index (χ2n) is 7.36. The van der Waals surface area contributed by atoms with E-state index in [0.717, 1.165) is 43.9 Å². The van der Waals surface area contributed by atoms with Crippen LogP contribution in [-0.4, -0.2) is 77.9 Å². The van der Waals surface area contributed by atoms with Crippen LogP contribution < -0.4 is 10.2 Å². The number of β-amino-alcohol motifs (C(OH)–C–C–N with tert-alkyl or cyclic N) is 1. The van der Waals surface area contributed by atoms with Crippen LogP contribution in [0.5, 0.6) is 0 Å². The molecular weight excluding hydrogens is 334 g/mol. The average Bonchev–Trinajstić information content (AvgIpc) is 3.15. The summed E-state index contributed by atoms with van der Waals surface area (Å²) in [6.45, 7) is 4.84. The zero-order chi connectivity index (χ0) is 17.9. The van der Waals surface area contributed by atoms with Gasteiger partial charge in [0, 0.05) is 57.7 Å². The third kappa shape index (κ3) is 3.91. The molecule has 3 aliphatic heterocycles. The van der Waals surface area contributed by atoms with Crippen LogP contribution >= 0.6 is 0 Å². The van der Waals surface area contributed by atoms with E-state index >= 15 is 0 Å². The number of anilines is 2. The van der Waals surface area contributed by atoms with Crippen molar-refractivity contribution in [2.24, 2.45) is 0 Å². The molecular formula is C18H27N5O3. The highest BCUT2D eigenvalue weighted by molar-refractivity contribution is 5.76. The van der Waals surface area contributed by atoms with Crippen molar-refractivity contribution in [3.8, 4) is 0 Å². The van der Waals surface area contributed by atoms with Crippen molar-refractivity contribution < 1.29 is 14.6 Å². The van der Waals surface area contributed by atoms with Gasteiger partial charge in [0.05, 0.1) is 18.4 Å². The number of hydrogen-bond acceptors (Lipinski definition) is 7. The van der Waals surface area contributed by atoms with E-state index in [1.807, 2.05) is 15.9 Å². The lowest BCUT2D eigenvalue weighted by atomic mass is 10.0. The number of hydrogen-bond donors (Lipinski definition) is 2. The van der Waals surface area contributed by atoms with Gasteiger partial charge in [-0.05, 0) is 19.3 Å². The van der Waals surface area contributed by atoms with Gasteiger partial charge in [-0.25, -0.2) is 4.98 Å².